The molecule has 2 aromatic rings. The molecule has 1 saturated heterocycles. The molecule has 8 rings (SSSR count). The van der Waals surface area contributed by atoms with Gasteiger partial charge in [-0.25, -0.2) is 8.78 Å². The van der Waals surface area contributed by atoms with Crippen LogP contribution in [0.1, 0.15) is 51.4 Å². The van der Waals surface area contributed by atoms with Crippen LogP contribution in [0.2, 0.25) is 0 Å². The van der Waals surface area contributed by atoms with Crippen molar-refractivity contribution in [3.8, 4) is 0 Å². The average molecular weight is 775 g/mol. The molecule has 3 N–H and O–H groups in total. The summed E-state index contributed by atoms with van der Waals surface area (Å²) in [6.07, 6.45) is -0.809. The highest BCUT2D eigenvalue weighted by atomic mass is 32.2. The number of hydrogen-bond donors (Lipinski definition) is 3. The van der Waals surface area contributed by atoms with Crippen molar-refractivity contribution in [2.75, 3.05) is 11.9 Å². The van der Waals surface area contributed by atoms with Gasteiger partial charge in [0.2, 0.25) is 5.91 Å². The molecule has 3 saturated carbocycles. The summed E-state index contributed by atoms with van der Waals surface area (Å²) in [5.74, 6) is -3.36. The topological polar surface area (TPSA) is 160 Å². The minimum absolute atomic E-state index is 0.0107. The van der Waals surface area contributed by atoms with Crippen molar-refractivity contribution in [2.24, 2.45) is 22.7 Å². The summed E-state index contributed by atoms with van der Waals surface area (Å²) in [6.45, 7) is 3.24. The smallest absolute Gasteiger partial charge is 0.253 e. The number of anilines is 1. The fourth-order valence-electron chi connectivity index (χ4n) is 10.3. The standard InChI is InChI=1S/C41H40F2N2O9S/c1-38-14-12-24(47)17-29(38)30(42)18-28-27-19-33-41(32(49)21-46,39(27,2)20-31(48)40(28,38)43)54-37(53-33)22-6-8-25(9-7-22)55-26-5-3-4-23(16-26)44-34(50)13-15-45-35(51)10-11-36(45)52/h3-12,14,16-17,21,27-28,30-33,37,48-49H,13,15,18-20H2,1-2H3,(H,44,50)/t27-,28-,30-,31-,32?,33+,37+,38-,39-,40-,41+/m0/s1. The molecule has 11 atom stereocenters. The molecule has 2 aliphatic heterocycles. The Morgan fingerprint density at radius 3 is 2.49 bits per heavy atom. The van der Waals surface area contributed by atoms with Crippen molar-refractivity contribution >= 4 is 47.2 Å². The quantitative estimate of drug-likeness (QED) is 0.240. The molecule has 55 heavy (non-hydrogen) atoms. The number of carbonyl (C=O) groups is 5. The number of aliphatic hydroxyl groups is 2. The predicted molar refractivity (Wildman–Crippen MR) is 194 cm³/mol. The third-order valence-electron chi connectivity index (χ3n) is 13.0. The van der Waals surface area contributed by atoms with Crippen LogP contribution >= 0.6 is 11.8 Å². The number of nitrogens with one attached hydrogen (secondary N) is 1. The van der Waals surface area contributed by atoms with Crippen LogP contribution < -0.4 is 5.32 Å². The van der Waals surface area contributed by atoms with E-state index in [9.17, 15) is 34.2 Å². The summed E-state index contributed by atoms with van der Waals surface area (Å²) < 4.78 is 46.6. The van der Waals surface area contributed by atoms with Gasteiger partial charge in [-0.15, -0.1) is 0 Å². The Hall–Kier alpha value is -4.34. The van der Waals surface area contributed by atoms with Gasteiger partial charge in [0.25, 0.3) is 11.8 Å². The van der Waals surface area contributed by atoms with Crippen molar-refractivity contribution in [1.82, 2.24) is 4.90 Å². The molecular formula is C41H40F2N2O9S. The summed E-state index contributed by atoms with van der Waals surface area (Å²) in [7, 11) is 0. The highest BCUT2D eigenvalue weighted by molar-refractivity contribution is 7.99. The van der Waals surface area contributed by atoms with Crippen LogP contribution in [-0.2, 0) is 33.4 Å². The Morgan fingerprint density at radius 1 is 1.05 bits per heavy atom. The first-order valence-electron chi connectivity index (χ1n) is 18.3. The number of ether oxygens (including phenoxy) is 2. The lowest BCUT2D eigenvalue weighted by atomic mass is 9.44. The fourth-order valence-corrected chi connectivity index (χ4v) is 11.2. The maximum absolute atomic E-state index is 17.7. The third kappa shape index (κ3) is 5.62. The van der Waals surface area contributed by atoms with E-state index in [1.165, 1.54) is 43.0 Å². The van der Waals surface area contributed by atoms with Crippen molar-refractivity contribution in [3.63, 3.8) is 0 Å². The van der Waals surface area contributed by atoms with Gasteiger partial charge in [0.1, 0.15) is 17.9 Å². The lowest BCUT2D eigenvalue weighted by Gasteiger charge is -2.63. The van der Waals surface area contributed by atoms with E-state index >= 15 is 8.78 Å². The minimum Gasteiger partial charge on any atom is -0.390 e. The van der Waals surface area contributed by atoms with Crippen LogP contribution in [0.4, 0.5) is 14.5 Å². The molecule has 0 bridgehead atoms. The molecule has 2 heterocycles. The molecule has 0 radical (unpaired) electrons. The molecule has 0 spiro atoms. The molecule has 6 aliphatic rings. The number of rotatable bonds is 9. The van der Waals surface area contributed by atoms with Crippen LogP contribution in [0.5, 0.6) is 0 Å². The Labute approximate surface area is 319 Å². The number of allylic oxidation sites excluding steroid dienone is 4. The Bertz CT molecular complexity index is 2060. The summed E-state index contributed by atoms with van der Waals surface area (Å²) in [4.78, 5) is 63.3. The van der Waals surface area contributed by atoms with Gasteiger partial charge < -0.3 is 29.8 Å². The van der Waals surface area contributed by atoms with Crippen LogP contribution in [0.15, 0.2) is 94.3 Å². The van der Waals surface area contributed by atoms with Gasteiger partial charge in [-0.1, -0.05) is 43.0 Å². The van der Waals surface area contributed by atoms with E-state index in [0.29, 0.717) is 17.5 Å². The SMILES string of the molecule is C[C@]12C=CC(=O)C=C1[C@@H](F)C[C@H]1[C@@H]3C[C@H]4O[C@@H](c5ccc(Sc6cccc(NC(=O)CCN7C(=O)C=CC7=O)c6)cc5)O[C@@]4(C(O)C=O)[C@@]3(C)C[C@H](O)[C@@]12F. The highest BCUT2D eigenvalue weighted by Crippen LogP contribution is 2.73. The second-order valence-corrected chi connectivity index (χ2v) is 16.8. The molecule has 4 aliphatic carbocycles. The van der Waals surface area contributed by atoms with Crippen LogP contribution in [0, 0.1) is 22.7 Å². The lowest BCUT2D eigenvalue weighted by Crippen LogP contribution is -2.71. The first-order valence-corrected chi connectivity index (χ1v) is 19.1. The van der Waals surface area contributed by atoms with Gasteiger partial charge in [-0.2, -0.15) is 0 Å². The number of hydrogen-bond acceptors (Lipinski definition) is 10. The summed E-state index contributed by atoms with van der Waals surface area (Å²) in [6, 6.07) is 14.4. The number of benzene rings is 2. The number of aliphatic hydroxyl groups excluding tert-OH is 2. The van der Waals surface area contributed by atoms with E-state index < -0.39 is 82.3 Å². The molecular weight excluding hydrogens is 735 g/mol. The maximum Gasteiger partial charge on any atom is 0.253 e. The van der Waals surface area contributed by atoms with Gasteiger partial charge in [-0.05, 0) is 80.2 Å². The number of imide groups is 1. The van der Waals surface area contributed by atoms with E-state index in [1.54, 1.807) is 37.3 Å². The molecule has 2 aromatic carbocycles. The summed E-state index contributed by atoms with van der Waals surface area (Å²) >= 11 is 1.42. The van der Waals surface area contributed by atoms with Gasteiger partial charge in [-0.3, -0.25) is 24.1 Å². The fraction of sp³-hybridized carbons (Fsp3) is 0.439. The summed E-state index contributed by atoms with van der Waals surface area (Å²) in [5.41, 5.74) is -5.62. The second-order valence-electron chi connectivity index (χ2n) is 15.7. The normalized spacial score (nSPS) is 37.9. The van der Waals surface area contributed by atoms with Crippen molar-refractivity contribution in [3.05, 3.63) is 90.0 Å². The Kier molecular flexibility index (Phi) is 9.16. The highest BCUT2D eigenvalue weighted by Gasteiger charge is 2.79. The number of fused-ring (bicyclic) bond motifs is 7. The number of nitrogens with zero attached hydrogens (tertiary/aromatic N) is 1. The van der Waals surface area contributed by atoms with Gasteiger partial charge in [0.15, 0.2) is 24.0 Å². The van der Waals surface area contributed by atoms with E-state index in [2.05, 4.69) is 5.32 Å². The Morgan fingerprint density at radius 2 is 1.78 bits per heavy atom. The maximum atomic E-state index is 17.7. The molecule has 0 aromatic heterocycles. The van der Waals surface area contributed by atoms with Gasteiger partial charge >= 0.3 is 0 Å². The van der Waals surface area contributed by atoms with Crippen molar-refractivity contribution in [2.45, 2.75) is 91.4 Å². The number of carbonyl (C=O) groups excluding carboxylic acids is 5. The molecule has 4 fully saturated rings. The largest absolute Gasteiger partial charge is 0.390 e. The number of halogens is 2. The monoisotopic (exact) mass is 774 g/mol. The molecule has 3 amide bonds. The summed E-state index contributed by atoms with van der Waals surface area (Å²) in [5, 5.41) is 25.9. The molecule has 14 heteroatoms. The van der Waals surface area contributed by atoms with Crippen molar-refractivity contribution < 1.29 is 52.4 Å². The predicted octanol–water partition coefficient (Wildman–Crippen LogP) is 4.73. The van der Waals surface area contributed by atoms with E-state index in [1.807, 2.05) is 18.2 Å². The number of alkyl halides is 2. The van der Waals surface area contributed by atoms with Crippen LogP contribution in [0.25, 0.3) is 0 Å². The van der Waals surface area contributed by atoms with Crippen molar-refractivity contribution in [1.29, 1.82) is 0 Å². The molecule has 1 unspecified atom stereocenters. The number of ketones is 1. The molecule has 11 nitrogen and oxygen atoms in total. The number of amides is 3. The van der Waals surface area contributed by atoms with Gasteiger partial charge in [0.05, 0.1) is 12.2 Å². The Balaban J connectivity index is 0.976. The van der Waals surface area contributed by atoms with Gasteiger partial charge in [0, 0.05) is 62.9 Å². The number of aldehydes is 1. The minimum atomic E-state index is -2.33. The zero-order chi connectivity index (χ0) is 39.1. The molecule has 288 valence electrons. The first kappa shape index (κ1) is 37.6. The second kappa shape index (κ2) is 13.4. The zero-order valence-electron chi connectivity index (χ0n) is 30.0. The average Bonchev–Trinajstić information content (AvgIpc) is 3.78. The zero-order valence-corrected chi connectivity index (χ0v) is 30.8. The van der Waals surface area contributed by atoms with Crippen LogP contribution in [0.3, 0.4) is 0 Å². The van der Waals surface area contributed by atoms with Crippen LogP contribution in [-0.4, -0.2) is 87.2 Å². The van der Waals surface area contributed by atoms with E-state index in [0.717, 1.165) is 20.8 Å². The first-order chi connectivity index (χ1) is 26.1. The van der Waals surface area contributed by atoms with E-state index in [-0.39, 0.29) is 43.7 Å². The third-order valence-corrected chi connectivity index (χ3v) is 14.0. The van der Waals surface area contributed by atoms with E-state index in [4.69, 9.17) is 9.47 Å². The lowest BCUT2D eigenvalue weighted by molar-refractivity contribution is -0.251.